The molecule has 1 amide bonds. The molecule has 0 radical (unpaired) electrons. The number of amides is 1. The number of carbonyl (C=O) groups is 1. The first-order valence-corrected chi connectivity index (χ1v) is 11.7. The number of hydrogen-bond donors (Lipinski definition) is 0. The largest absolute Gasteiger partial charge is 0.343 e. The molecule has 2 heterocycles. The molecule has 0 saturated carbocycles. The van der Waals surface area contributed by atoms with Crippen LogP contribution >= 0.6 is 0 Å². The fraction of sp³-hybridized carbons (Fsp3) is 0.842. The predicted octanol–water partition coefficient (Wildman–Crippen LogP) is 3.28. The van der Waals surface area contributed by atoms with E-state index in [-0.39, 0.29) is 11.7 Å². The Hall–Kier alpha value is -1.04. The number of hydrogen-bond acceptors (Lipinski definition) is 3. The lowest BCUT2D eigenvalue weighted by Gasteiger charge is -2.38. The molecule has 2 fully saturated rings. The lowest BCUT2D eigenvalue weighted by atomic mass is 9.86. The Balaban J connectivity index is 1.53. The van der Waals surface area contributed by atoms with E-state index < -0.39 is 10.0 Å². The molecule has 3 aliphatic rings. The average Bonchev–Trinajstić information content (AvgIpc) is 2.90. The van der Waals surface area contributed by atoms with Crippen molar-refractivity contribution in [2.24, 2.45) is 5.92 Å². The maximum Gasteiger partial charge on any atom is 0.234 e. The Bertz CT molecular complexity index is 592. The van der Waals surface area contributed by atoms with Crippen molar-refractivity contribution in [3.63, 3.8) is 0 Å². The van der Waals surface area contributed by atoms with Gasteiger partial charge in [-0.2, -0.15) is 0 Å². The van der Waals surface area contributed by atoms with Gasteiger partial charge in [-0.05, 0) is 57.3 Å². The van der Waals surface area contributed by atoms with E-state index in [0.29, 0.717) is 25.3 Å². The average molecular weight is 369 g/mol. The normalized spacial score (nSPS) is 25.1. The van der Waals surface area contributed by atoms with Gasteiger partial charge in [0.25, 0.3) is 0 Å². The van der Waals surface area contributed by atoms with Gasteiger partial charge in [-0.3, -0.25) is 9.10 Å². The van der Waals surface area contributed by atoms with Crippen molar-refractivity contribution >= 4 is 15.9 Å². The van der Waals surface area contributed by atoms with Crippen LogP contribution in [0.25, 0.3) is 0 Å². The van der Waals surface area contributed by atoms with E-state index in [9.17, 15) is 13.2 Å². The number of fused-ring (bicyclic) bond motifs is 1. The van der Waals surface area contributed by atoms with Gasteiger partial charge in [0.1, 0.15) is 0 Å². The number of nitrogens with zero attached hydrogens (tertiary/aromatic N) is 2. The first-order chi connectivity index (χ1) is 12.1. The molecule has 1 unspecified atom stereocenters. The van der Waals surface area contributed by atoms with E-state index in [1.165, 1.54) is 19.3 Å². The Labute approximate surface area is 152 Å². The summed E-state index contributed by atoms with van der Waals surface area (Å²) in [5, 5.41) is 0. The van der Waals surface area contributed by atoms with Gasteiger partial charge in [0.05, 0.1) is 5.75 Å². The summed E-state index contributed by atoms with van der Waals surface area (Å²) >= 11 is 0. The molecule has 6 heteroatoms. The van der Waals surface area contributed by atoms with Crippen LogP contribution in [0.3, 0.4) is 0 Å². The second-order valence-electron chi connectivity index (χ2n) is 7.69. The third-order valence-electron chi connectivity index (χ3n) is 5.82. The maximum absolute atomic E-state index is 12.8. The highest BCUT2D eigenvalue weighted by molar-refractivity contribution is 7.89. The van der Waals surface area contributed by atoms with E-state index in [0.717, 1.165) is 57.3 Å². The van der Waals surface area contributed by atoms with Crippen molar-refractivity contribution in [3.05, 3.63) is 11.8 Å². The fourth-order valence-corrected chi connectivity index (χ4v) is 6.11. The van der Waals surface area contributed by atoms with Crippen molar-refractivity contribution in [2.75, 3.05) is 25.4 Å². The molecular formula is C19H32N2O3S. The highest BCUT2D eigenvalue weighted by Gasteiger charge is 2.33. The Morgan fingerprint density at radius 2 is 1.72 bits per heavy atom. The number of rotatable bonds is 5. The number of sulfonamides is 1. The van der Waals surface area contributed by atoms with E-state index in [1.54, 1.807) is 4.31 Å². The molecule has 25 heavy (non-hydrogen) atoms. The zero-order chi connectivity index (χ0) is 17.7. The fourth-order valence-electron chi connectivity index (χ4n) is 4.43. The van der Waals surface area contributed by atoms with Crippen LogP contribution in [0.2, 0.25) is 0 Å². The standard InChI is InChI=1S/C19H32N2O3S/c22-19(20-13-5-1-2-6-14-20)12-8-16-25(23,24)21-15-7-10-17-9-3-4-11-18(17)21/h11,17H,1-10,12-16H2. The Morgan fingerprint density at radius 1 is 1.00 bits per heavy atom. The third-order valence-corrected chi connectivity index (χ3v) is 7.69. The Morgan fingerprint density at radius 3 is 2.48 bits per heavy atom. The van der Waals surface area contributed by atoms with Crippen LogP contribution in [0.5, 0.6) is 0 Å². The molecule has 0 spiro atoms. The first-order valence-electron chi connectivity index (χ1n) is 10.1. The second-order valence-corrected chi connectivity index (χ2v) is 9.70. The minimum atomic E-state index is -3.29. The molecule has 5 nitrogen and oxygen atoms in total. The second kappa shape index (κ2) is 8.56. The minimum absolute atomic E-state index is 0.0939. The van der Waals surface area contributed by atoms with Gasteiger partial charge in [0.15, 0.2) is 0 Å². The van der Waals surface area contributed by atoms with Crippen LogP contribution in [0, 0.1) is 5.92 Å². The van der Waals surface area contributed by atoms with Crippen LogP contribution < -0.4 is 0 Å². The smallest absolute Gasteiger partial charge is 0.234 e. The highest BCUT2D eigenvalue weighted by atomic mass is 32.2. The molecule has 0 aromatic rings. The van der Waals surface area contributed by atoms with Crippen molar-refractivity contribution in [1.29, 1.82) is 0 Å². The summed E-state index contributed by atoms with van der Waals surface area (Å²) in [5.74, 6) is 0.651. The lowest BCUT2D eigenvalue weighted by molar-refractivity contribution is -0.131. The van der Waals surface area contributed by atoms with E-state index in [1.807, 2.05) is 4.90 Å². The van der Waals surface area contributed by atoms with Gasteiger partial charge < -0.3 is 4.90 Å². The first kappa shape index (κ1) is 18.7. The molecule has 2 aliphatic heterocycles. The van der Waals surface area contributed by atoms with Gasteiger partial charge in [-0.15, -0.1) is 0 Å². The summed E-state index contributed by atoms with van der Waals surface area (Å²) < 4.78 is 27.3. The topological polar surface area (TPSA) is 57.7 Å². The van der Waals surface area contributed by atoms with E-state index >= 15 is 0 Å². The molecule has 0 aromatic heterocycles. The van der Waals surface area contributed by atoms with Crippen LogP contribution in [-0.4, -0.2) is 48.9 Å². The third kappa shape index (κ3) is 4.78. The summed E-state index contributed by atoms with van der Waals surface area (Å²) in [5.41, 5.74) is 1.04. The highest BCUT2D eigenvalue weighted by Crippen LogP contribution is 2.36. The number of piperidine rings is 1. The summed E-state index contributed by atoms with van der Waals surface area (Å²) in [6, 6.07) is 0. The molecule has 0 bridgehead atoms. The maximum atomic E-state index is 12.8. The van der Waals surface area contributed by atoms with Crippen molar-refractivity contribution < 1.29 is 13.2 Å². The monoisotopic (exact) mass is 368 g/mol. The quantitative estimate of drug-likeness (QED) is 0.748. The number of carbonyl (C=O) groups excluding carboxylic acids is 1. The number of allylic oxidation sites excluding steroid dienone is 2. The number of likely N-dealkylation sites (tertiary alicyclic amines) is 1. The zero-order valence-electron chi connectivity index (χ0n) is 15.3. The van der Waals surface area contributed by atoms with Gasteiger partial charge in [0, 0.05) is 31.8 Å². The Kier molecular flexibility index (Phi) is 6.42. The van der Waals surface area contributed by atoms with Gasteiger partial charge in [-0.25, -0.2) is 8.42 Å². The zero-order valence-corrected chi connectivity index (χ0v) is 16.1. The van der Waals surface area contributed by atoms with E-state index in [2.05, 4.69) is 6.08 Å². The summed E-state index contributed by atoms with van der Waals surface area (Å²) in [6.45, 7) is 2.29. The van der Waals surface area contributed by atoms with Gasteiger partial charge in [0.2, 0.25) is 15.9 Å². The molecule has 0 aromatic carbocycles. The molecule has 1 atom stereocenters. The SMILES string of the molecule is O=C(CCCS(=O)(=O)N1CCCC2CCCC=C21)N1CCCCCC1. The molecule has 142 valence electrons. The summed E-state index contributed by atoms with van der Waals surface area (Å²) in [6.07, 6.45) is 12.8. The van der Waals surface area contributed by atoms with Gasteiger partial charge in [-0.1, -0.05) is 18.9 Å². The van der Waals surface area contributed by atoms with Crippen LogP contribution in [-0.2, 0) is 14.8 Å². The minimum Gasteiger partial charge on any atom is -0.343 e. The van der Waals surface area contributed by atoms with Crippen LogP contribution in [0.4, 0.5) is 0 Å². The van der Waals surface area contributed by atoms with Crippen molar-refractivity contribution in [2.45, 2.75) is 70.6 Å². The molecule has 1 aliphatic carbocycles. The predicted molar refractivity (Wildman–Crippen MR) is 99.4 cm³/mol. The molecule has 0 N–H and O–H groups in total. The van der Waals surface area contributed by atoms with Crippen molar-refractivity contribution in [1.82, 2.24) is 9.21 Å². The molecular weight excluding hydrogens is 336 g/mol. The lowest BCUT2D eigenvalue weighted by Crippen LogP contribution is -2.40. The van der Waals surface area contributed by atoms with Crippen LogP contribution in [0.15, 0.2) is 11.8 Å². The van der Waals surface area contributed by atoms with Gasteiger partial charge >= 0.3 is 0 Å². The molecule has 3 rings (SSSR count). The van der Waals surface area contributed by atoms with Crippen LogP contribution in [0.1, 0.15) is 70.6 Å². The summed E-state index contributed by atoms with van der Waals surface area (Å²) in [7, 11) is -3.29. The summed E-state index contributed by atoms with van der Waals surface area (Å²) in [4.78, 5) is 14.3. The molecule has 2 saturated heterocycles. The van der Waals surface area contributed by atoms with E-state index in [4.69, 9.17) is 0 Å². The van der Waals surface area contributed by atoms with Crippen molar-refractivity contribution in [3.8, 4) is 0 Å².